The number of nitrogens with zero attached hydrogens (tertiary/aromatic N) is 2. The fraction of sp³-hybridized carbons (Fsp3) is 0.226. The Hall–Kier alpha value is -3.74. The van der Waals surface area contributed by atoms with Gasteiger partial charge in [-0.05, 0) is 0 Å². The van der Waals surface area contributed by atoms with E-state index in [0.29, 0.717) is 27.6 Å². The molecule has 0 aliphatic carbocycles. The Morgan fingerprint density at radius 1 is 1.17 bits per heavy atom. The second-order valence-electron chi connectivity index (χ2n) is 10.8. The van der Waals surface area contributed by atoms with E-state index in [4.69, 9.17) is 4.74 Å². The summed E-state index contributed by atoms with van der Waals surface area (Å²) in [6.45, 7) is 5.98. The fourth-order valence-electron chi connectivity index (χ4n) is 5.97. The Morgan fingerprint density at radius 3 is 2.69 bits per heavy atom. The summed E-state index contributed by atoms with van der Waals surface area (Å²) in [4.78, 5) is 48.9. The number of benzene rings is 2. The van der Waals surface area contributed by atoms with Crippen molar-refractivity contribution >= 4 is 68.5 Å². The number of likely N-dealkylation sites (tertiary alicyclic amines) is 1. The number of rotatable bonds is 6. The van der Waals surface area contributed by atoms with Crippen LogP contribution in [0.15, 0.2) is 73.4 Å². The number of anilines is 1. The molecule has 3 amide bonds. The molecular formula is C31H30N4O5SSn. The third-order valence-corrected chi connectivity index (χ3v) is 21.0. The molecular weight excluding hydrogens is 659 g/mol. The van der Waals surface area contributed by atoms with Crippen LogP contribution in [0.5, 0.6) is 11.5 Å². The summed E-state index contributed by atoms with van der Waals surface area (Å²) in [7, 11) is 0. The minimum atomic E-state index is -3.98. The average molecular weight is 689 g/mol. The molecule has 11 heteroatoms. The molecule has 2 aromatic carbocycles. The van der Waals surface area contributed by atoms with E-state index in [9.17, 15) is 19.5 Å². The first kappa shape index (κ1) is 28.4. The summed E-state index contributed by atoms with van der Waals surface area (Å²) < 4.78 is 7.98. The molecule has 1 unspecified atom stereocenters. The Labute approximate surface area is 251 Å². The Morgan fingerprint density at radius 2 is 1.95 bits per heavy atom. The fourth-order valence-corrected chi connectivity index (χ4v) is 17.5. The SMILES string of the molecule is C=CC(=O)N1C[C@H](O)C[C@@H](NC(=O)c2sc3ncc[c]4c3c2N[C](=O)[Sn]4([CH3])[c]2ccc(Oc3ccccc3)cc2C)C1. The summed E-state index contributed by atoms with van der Waals surface area (Å²) in [5.41, 5.74) is 1.46. The van der Waals surface area contributed by atoms with Crippen LogP contribution in [0.3, 0.4) is 0 Å². The second-order valence-corrected chi connectivity index (χ2v) is 22.6. The molecule has 1 saturated heterocycles. The van der Waals surface area contributed by atoms with Crippen molar-refractivity contribution in [3.05, 3.63) is 83.9 Å². The predicted octanol–water partition coefficient (Wildman–Crippen LogP) is 3.59. The van der Waals surface area contributed by atoms with Gasteiger partial charge in [0.15, 0.2) is 0 Å². The molecule has 2 aromatic heterocycles. The number of hydrogen-bond acceptors (Lipinski definition) is 7. The molecule has 214 valence electrons. The molecule has 6 rings (SSSR count). The van der Waals surface area contributed by atoms with Crippen molar-refractivity contribution < 1.29 is 24.2 Å². The van der Waals surface area contributed by atoms with Crippen LogP contribution >= 0.6 is 11.3 Å². The molecule has 0 bridgehead atoms. The van der Waals surface area contributed by atoms with E-state index in [0.717, 1.165) is 23.9 Å². The number of pyridine rings is 1. The van der Waals surface area contributed by atoms with Gasteiger partial charge in [0.2, 0.25) is 0 Å². The molecule has 3 N–H and O–H groups in total. The number of hydrogen-bond donors (Lipinski definition) is 3. The number of aryl methyl sites for hydroxylation is 1. The van der Waals surface area contributed by atoms with Gasteiger partial charge in [-0.15, -0.1) is 0 Å². The molecule has 2 aliphatic rings. The number of nitrogens with one attached hydrogen (secondary N) is 2. The number of carbonyl (C=O) groups excluding carboxylic acids is 3. The second kappa shape index (κ2) is 11.2. The quantitative estimate of drug-likeness (QED) is 0.210. The summed E-state index contributed by atoms with van der Waals surface area (Å²) in [5.74, 6) is 0.765. The number of ether oxygens (including phenoxy) is 1. The van der Waals surface area contributed by atoms with Crippen molar-refractivity contribution in [1.29, 1.82) is 0 Å². The van der Waals surface area contributed by atoms with Crippen LogP contribution < -0.4 is 22.5 Å². The van der Waals surface area contributed by atoms with E-state index >= 15 is 0 Å². The molecule has 4 heterocycles. The Bertz CT molecular complexity index is 1740. The number of aliphatic hydroxyl groups is 1. The van der Waals surface area contributed by atoms with Gasteiger partial charge in [0, 0.05) is 0 Å². The monoisotopic (exact) mass is 690 g/mol. The molecule has 2 aliphatic heterocycles. The van der Waals surface area contributed by atoms with E-state index in [1.54, 1.807) is 6.20 Å². The molecule has 1 fully saturated rings. The van der Waals surface area contributed by atoms with Crippen molar-refractivity contribution in [3.63, 3.8) is 0 Å². The Balaban J connectivity index is 1.33. The van der Waals surface area contributed by atoms with Gasteiger partial charge >= 0.3 is 252 Å². The number of piperidine rings is 1. The van der Waals surface area contributed by atoms with Crippen LogP contribution in [0, 0.1) is 6.92 Å². The number of aromatic nitrogens is 1. The van der Waals surface area contributed by atoms with Crippen molar-refractivity contribution in [1.82, 2.24) is 15.2 Å². The number of para-hydroxylation sites is 1. The zero-order valence-corrected chi connectivity index (χ0v) is 26.9. The van der Waals surface area contributed by atoms with Crippen molar-refractivity contribution in [3.8, 4) is 11.5 Å². The summed E-state index contributed by atoms with van der Waals surface area (Å²) in [6, 6.07) is 16.9. The molecule has 0 saturated carbocycles. The predicted molar refractivity (Wildman–Crippen MR) is 166 cm³/mol. The average Bonchev–Trinajstić information content (AvgIpc) is 3.35. The van der Waals surface area contributed by atoms with Crippen molar-refractivity contribution in [2.75, 3.05) is 18.4 Å². The summed E-state index contributed by atoms with van der Waals surface area (Å²) >= 11 is -2.74. The minimum absolute atomic E-state index is 0.0487. The first-order valence-corrected chi connectivity index (χ1v) is 21.6. The maximum atomic E-state index is 14.0. The molecule has 4 aromatic rings. The Kier molecular flexibility index (Phi) is 7.54. The molecule has 3 atom stereocenters. The number of thiophene rings is 1. The first-order chi connectivity index (χ1) is 20.2. The van der Waals surface area contributed by atoms with Gasteiger partial charge in [-0.2, -0.15) is 0 Å². The van der Waals surface area contributed by atoms with Gasteiger partial charge in [-0.3, -0.25) is 0 Å². The topological polar surface area (TPSA) is 121 Å². The normalized spacial score (nSPS) is 21.5. The molecule has 42 heavy (non-hydrogen) atoms. The van der Waals surface area contributed by atoms with Gasteiger partial charge in [0.1, 0.15) is 0 Å². The standard InChI is InChI=1S/C17H16N4O4S.C13H11O.CH3.Sn/c1-2-13(24)21-7-10(6-11(23)8-21)20-16(25)15-14(19-9-22)12-4-3-5-18-17(12)26-15;1-11-6-5-9-13(10-11)14-12-7-3-2-4-8-12;;/h2-3,5,10-11,23H,1,6-8H2,(H,19,22)(H,20,25);2-5,7-10H,1H3;1H3;/t10-,11-;;;/m1.../s1. The van der Waals surface area contributed by atoms with Crippen LogP contribution in [0.1, 0.15) is 21.7 Å². The first-order valence-electron chi connectivity index (χ1n) is 13.7. The van der Waals surface area contributed by atoms with Gasteiger partial charge in [0.25, 0.3) is 0 Å². The van der Waals surface area contributed by atoms with E-state index in [1.165, 1.54) is 22.3 Å². The van der Waals surface area contributed by atoms with Gasteiger partial charge < -0.3 is 0 Å². The summed E-state index contributed by atoms with van der Waals surface area (Å²) in [6.07, 6.45) is 2.47. The summed E-state index contributed by atoms with van der Waals surface area (Å²) in [5, 5.41) is 17.2. The van der Waals surface area contributed by atoms with Crippen LogP contribution in [-0.4, -0.2) is 74.3 Å². The van der Waals surface area contributed by atoms with E-state index < -0.39 is 30.5 Å². The molecule has 0 radical (unpaired) electrons. The molecule has 0 spiro atoms. The van der Waals surface area contributed by atoms with Crippen molar-refractivity contribution in [2.45, 2.75) is 30.4 Å². The number of aliphatic hydroxyl groups excluding tert-OH is 1. The zero-order valence-electron chi connectivity index (χ0n) is 23.2. The maximum absolute atomic E-state index is 14.0. The van der Waals surface area contributed by atoms with Crippen molar-refractivity contribution in [2.24, 2.45) is 0 Å². The zero-order chi connectivity index (χ0) is 29.6. The molecule has 9 nitrogen and oxygen atoms in total. The third-order valence-electron chi connectivity index (χ3n) is 8.00. The van der Waals surface area contributed by atoms with Crippen LogP contribution in [-0.2, 0) is 4.79 Å². The van der Waals surface area contributed by atoms with E-state index in [1.807, 2.05) is 61.5 Å². The third kappa shape index (κ3) is 4.97. The van der Waals surface area contributed by atoms with Crippen LogP contribution in [0.25, 0.3) is 10.2 Å². The van der Waals surface area contributed by atoms with Gasteiger partial charge in [-0.25, -0.2) is 0 Å². The van der Waals surface area contributed by atoms with Gasteiger partial charge in [-0.1, -0.05) is 0 Å². The number of carbonyl (C=O) groups is 3. The van der Waals surface area contributed by atoms with E-state index in [-0.39, 0.29) is 28.8 Å². The van der Waals surface area contributed by atoms with E-state index in [2.05, 4.69) is 27.1 Å². The van der Waals surface area contributed by atoms with Crippen LogP contribution in [0.2, 0.25) is 4.94 Å². The number of amides is 3. The number of β-amino-alcohol motifs (C(OH)–C–C–N with tert-alkyl or cyclic N) is 1. The van der Waals surface area contributed by atoms with Crippen LogP contribution in [0.4, 0.5) is 10.5 Å². The van der Waals surface area contributed by atoms with Gasteiger partial charge in [0.05, 0.1) is 0 Å².